The van der Waals surface area contributed by atoms with Gasteiger partial charge in [0, 0.05) is 25.7 Å². The molecule has 1 heterocycles. The molecule has 2 N–H and O–H groups in total. The molecule has 0 fully saturated rings. The fourth-order valence-corrected chi connectivity index (χ4v) is 5.18. The fraction of sp³-hybridized carbons (Fsp3) is 0.226. The van der Waals surface area contributed by atoms with Gasteiger partial charge in [-0.2, -0.15) is 0 Å². The number of nitrogens with one attached hydrogen (secondary N) is 2. The average Bonchev–Trinajstić information content (AvgIpc) is 2.93. The molecular formula is C31H31N4O2S+. The zero-order valence-corrected chi connectivity index (χ0v) is 22.4. The second kappa shape index (κ2) is 12.9. The summed E-state index contributed by atoms with van der Waals surface area (Å²) in [5.74, 6) is 0.351. The third-order valence-corrected chi connectivity index (χ3v) is 7.33. The lowest BCUT2D eigenvalue weighted by Crippen LogP contribution is -2.30. The lowest BCUT2D eigenvalue weighted by molar-refractivity contribution is 0.0937. The van der Waals surface area contributed by atoms with Crippen molar-refractivity contribution in [1.29, 1.82) is 5.53 Å². The predicted octanol–water partition coefficient (Wildman–Crippen LogP) is 7.44. The number of benzene rings is 3. The second-order valence-electron chi connectivity index (χ2n) is 9.49. The van der Waals surface area contributed by atoms with Crippen molar-refractivity contribution in [2.45, 2.75) is 32.7 Å². The van der Waals surface area contributed by atoms with Crippen LogP contribution in [0.4, 0.5) is 0 Å². The Balaban J connectivity index is 1.50. The number of hydrogen-bond acceptors (Lipinski definition) is 5. The maximum Gasteiger partial charge on any atom is 0.251 e. The van der Waals surface area contributed by atoms with Crippen LogP contribution in [0.15, 0.2) is 94.9 Å². The molecule has 0 radical (unpaired) electrons. The number of fused-ring (bicyclic) bond motifs is 2. The van der Waals surface area contributed by atoms with Crippen molar-refractivity contribution in [3.63, 3.8) is 0 Å². The summed E-state index contributed by atoms with van der Waals surface area (Å²) < 4.78 is 1.76. The summed E-state index contributed by atoms with van der Waals surface area (Å²) in [6.07, 6.45) is 10.5. The molecule has 0 spiro atoms. The first kappa shape index (κ1) is 26.9. The van der Waals surface area contributed by atoms with Crippen LogP contribution in [0.25, 0.3) is 26.2 Å². The Morgan fingerprint density at radius 2 is 1.76 bits per heavy atom. The summed E-state index contributed by atoms with van der Waals surface area (Å²) in [5.41, 5.74) is 9.30. The van der Waals surface area contributed by atoms with E-state index in [0.717, 1.165) is 33.4 Å². The highest BCUT2D eigenvalue weighted by Crippen LogP contribution is 2.25. The van der Waals surface area contributed by atoms with E-state index in [-0.39, 0.29) is 17.9 Å². The molecule has 7 heteroatoms. The van der Waals surface area contributed by atoms with Crippen LogP contribution in [0.3, 0.4) is 0 Å². The lowest BCUT2D eigenvalue weighted by atomic mass is 10.0. The Hall–Kier alpha value is -4.19. The molecule has 1 atom stereocenters. The van der Waals surface area contributed by atoms with E-state index in [9.17, 15) is 9.59 Å². The van der Waals surface area contributed by atoms with Gasteiger partial charge in [0.15, 0.2) is 5.43 Å². The average molecular weight is 524 g/mol. The number of carbonyl (C=O) groups excluding carboxylic acids is 1. The quantitative estimate of drug-likeness (QED) is 0.0977. The monoisotopic (exact) mass is 523 g/mol. The molecule has 192 valence electrons. The van der Waals surface area contributed by atoms with Crippen molar-refractivity contribution in [2.24, 2.45) is 11.0 Å². The Labute approximate surface area is 226 Å². The molecule has 4 rings (SSSR count). The van der Waals surface area contributed by atoms with Crippen LogP contribution in [0.5, 0.6) is 0 Å². The number of allylic oxidation sites excluding steroid dienone is 3. The molecule has 4 aromatic rings. The van der Waals surface area contributed by atoms with Crippen molar-refractivity contribution >= 4 is 43.5 Å². The zero-order chi connectivity index (χ0) is 26.9. The summed E-state index contributed by atoms with van der Waals surface area (Å²) in [6.45, 7) is 4.54. The molecule has 1 unspecified atom stereocenters. The van der Waals surface area contributed by atoms with Crippen LogP contribution in [-0.2, 0) is 0 Å². The van der Waals surface area contributed by atoms with E-state index in [1.165, 1.54) is 11.3 Å². The molecular weight excluding hydrogens is 492 g/mol. The molecule has 0 aliphatic heterocycles. The minimum atomic E-state index is -0.463. The maximum atomic E-state index is 13.2. The second-order valence-corrected chi connectivity index (χ2v) is 10.6. The fourth-order valence-electron chi connectivity index (χ4n) is 4.13. The van der Waals surface area contributed by atoms with Crippen molar-refractivity contribution in [1.82, 2.24) is 10.2 Å². The van der Waals surface area contributed by atoms with Gasteiger partial charge in [0.05, 0.1) is 6.04 Å². The van der Waals surface area contributed by atoms with Crippen LogP contribution in [0.2, 0.25) is 0 Å². The normalized spacial score (nSPS) is 12.4. The van der Waals surface area contributed by atoms with E-state index in [0.29, 0.717) is 22.3 Å². The van der Waals surface area contributed by atoms with Gasteiger partial charge in [-0.25, -0.2) is 0 Å². The molecule has 3 aromatic carbocycles. The third-order valence-electron chi connectivity index (χ3n) is 6.17. The van der Waals surface area contributed by atoms with Gasteiger partial charge in [-0.3, -0.25) is 9.59 Å². The Bertz CT molecular complexity index is 1600. The first-order valence-corrected chi connectivity index (χ1v) is 13.5. The van der Waals surface area contributed by atoms with Crippen LogP contribution in [0, 0.1) is 11.4 Å². The van der Waals surface area contributed by atoms with E-state index in [1.54, 1.807) is 12.1 Å². The van der Waals surface area contributed by atoms with E-state index >= 15 is 0 Å². The smallest absolute Gasteiger partial charge is 0.251 e. The highest BCUT2D eigenvalue weighted by molar-refractivity contribution is 7.24. The molecule has 0 aliphatic rings. The van der Waals surface area contributed by atoms with Crippen molar-refractivity contribution in [3.05, 3.63) is 112 Å². The molecule has 1 aromatic heterocycles. The molecule has 38 heavy (non-hydrogen) atoms. The summed E-state index contributed by atoms with van der Waals surface area (Å²) >= 11 is 1.53. The Morgan fingerprint density at radius 1 is 1.00 bits per heavy atom. The van der Waals surface area contributed by atoms with Gasteiger partial charge < -0.3 is 5.32 Å². The number of nitrogens with zero attached hydrogens (tertiary/aromatic N) is 2. The van der Waals surface area contributed by atoms with Gasteiger partial charge in [-0.15, -0.1) is 11.3 Å². The predicted molar refractivity (Wildman–Crippen MR) is 157 cm³/mol. The van der Waals surface area contributed by atoms with Crippen molar-refractivity contribution in [2.75, 3.05) is 6.54 Å². The number of rotatable bonds is 10. The van der Waals surface area contributed by atoms with Crippen LogP contribution in [0.1, 0.15) is 54.2 Å². The van der Waals surface area contributed by atoms with Gasteiger partial charge in [0.1, 0.15) is 17.2 Å². The van der Waals surface area contributed by atoms with Crippen LogP contribution >= 0.6 is 11.3 Å². The van der Waals surface area contributed by atoms with Gasteiger partial charge in [0.2, 0.25) is 4.91 Å². The van der Waals surface area contributed by atoms with E-state index in [1.807, 2.05) is 54.6 Å². The molecule has 0 aliphatic carbocycles. The zero-order valence-electron chi connectivity index (χ0n) is 21.6. The summed E-state index contributed by atoms with van der Waals surface area (Å²) in [7, 11) is 0. The minimum absolute atomic E-state index is 0.0809. The standard InChI is InChI=1S/C31H30N4O2S/c1-21(2)9-5-3-4-6-10-22-13-15-23(16-14-22)27(20-33-35-32)34-31(37)24-17-18-29-26(19-24)30(36)25-11-7-8-12-28(25)38-29/h3,5-8,10-19,21,27,32H,4,9,20H2,1-2H3/p+1/b5-3-,10-6+. The van der Waals surface area contributed by atoms with Crippen molar-refractivity contribution in [3.8, 4) is 0 Å². The number of amides is 1. The first-order chi connectivity index (χ1) is 18.5. The summed E-state index contributed by atoms with van der Waals surface area (Å²) in [4.78, 5) is 29.4. The molecule has 6 nitrogen and oxygen atoms in total. The number of carbonyl (C=O) groups is 1. The number of hydrogen-bond donors (Lipinski definition) is 2. The minimum Gasteiger partial charge on any atom is -0.343 e. The SMILES string of the molecule is CC(C)C/C=C\C/C=C/c1ccc(C(CN=[N+]=N)NC(=O)c2ccc3sc4ccccc4c(=O)c3c2)cc1. The van der Waals surface area contributed by atoms with E-state index < -0.39 is 6.04 Å². The van der Waals surface area contributed by atoms with Crippen LogP contribution < -0.4 is 15.7 Å². The Morgan fingerprint density at radius 3 is 2.53 bits per heavy atom. The van der Waals surface area contributed by atoms with Crippen LogP contribution in [-0.4, -0.2) is 12.5 Å². The first-order valence-electron chi connectivity index (χ1n) is 12.7. The molecule has 0 bridgehead atoms. The van der Waals surface area contributed by atoms with Gasteiger partial charge in [-0.1, -0.05) is 74.5 Å². The third kappa shape index (κ3) is 6.76. The summed E-state index contributed by atoms with van der Waals surface area (Å²) in [5, 5.41) is 7.99. The summed E-state index contributed by atoms with van der Waals surface area (Å²) in [6, 6.07) is 20.1. The van der Waals surface area contributed by atoms with Gasteiger partial charge >= 0.3 is 0 Å². The topological polar surface area (TPSA) is 96.5 Å². The molecule has 0 saturated heterocycles. The van der Waals surface area contributed by atoms with E-state index in [4.69, 9.17) is 5.53 Å². The maximum absolute atomic E-state index is 13.2. The van der Waals surface area contributed by atoms with Crippen molar-refractivity contribution < 1.29 is 4.79 Å². The highest BCUT2D eigenvalue weighted by atomic mass is 32.1. The molecule has 0 saturated carbocycles. The van der Waals surface area contributed by atoms with E-state index in [2.05, 4.69) is 53.5 Å². The Kier molecular flexibility index (Phi) is 9.09. The van der Waals surface area contributed by atoms with Gasteiger partial charge in [-0.05, 0) is 60.2 Å². The lowest BCUT2D eigenvalue weighted by Gasteiger charge is -2.16. The van der Waals surface area contributed by atoms with Gasteiger partial charge in [0.25, 0.3) is 5.91 Å². The molecule has 1 amide bonds. The highest BCUT2D eigenvalue weighted by Gasteiger charge is 2.18. The largest absolute Gasteiger partial charge is 0.343 e.